The van der Waals surface area contributed by atoms with Gasteiger partial charge in [0.15, 0.2) is 0 Å². The van der Waals surface area contributed by atoms with Crippen LogP contribution in [0.3, 0.4) is 0 Å². The quantitative estimate of drug-likeness (QED) is 0.539. The van der Waals surface area contributed by atoms with Crippen LogP contribution in [0.4, 0.5) is 14.9 Å². The normalized spacial score (nSPS) is 29.7. The van der Waals surface area contributed by atoms with E-state index in [0.29, 0.717) is 23.6 Å². The van der Waals surface area contributed by atoms with E-state index >= 15 is 4.39 Å². The SMILES string of the molecule is CCn1nnc(-c2ccc(-c3ccc(N4C(=O)O[C@]5(CO)OP6(=O)OC45O6)cc3F)cn2)n1. The molecule has 1 spiro atoms. The molecule has 3 aromatic rings. The molecule has 0 aliphatic carbocycles. The first-order valence-electron chi connectivity index (χ1n) is 9.72. The van der Waals surface area contributed by atoms with Crippen molar-refractivity contribution < 1.29 is 37.2 Å². The van der Waals surface area contributed by atoms with Crippen LogP contribution in [0.15, 0.2) is 36.5 Å². The molecule has 1 atom stereocenters. The van der Waals surface area contributed by atoms with Crippen LogP contribution >= 0.6 is 7.82 Å². The number of hydrogen-bond donors (Lipinski definition) is 1. The standard InChI is InChI=1S/C18H14FN6O7P/c1-2-24-22-15(21-23-24)14-6-3-10(8-20-14)12-5-4-11(7-13(12)19)25-16(27)29-17(9-26)18(25)31-33(28,30-17)32-18/h3-8,26H,2,9H2,1H3/t17-,18?,33?/m1/s1. The lowest BCUT2D eigenvalue weighted by Gasteiger charge is -2.38. The van der Waals surface area contributed by atoms with Crippen molar-refractivity contribution in [2.24, 2.45) is 0 Å². The van der Waals surface area contributed by atoms with E-state index in [1.165, 1.54) is 23.1 Å². The number of rotatable bonds is 5. The van der Waals surface area contributed by atoms with Crippen molar-refractivity contribution in [3.63, 3.8) is 0 Å². The van der Waals surface area contributed by atoms with Gasteiger partial charge >= 0.3 is 25.6 Å². The van der Waals surface area contributed by atoms with Gasteiger partial charge in [-0.1, -0.05) is 6.07 Å². The van der Waals surface area contributed by atoms with E-state index in [4.69, 9.17) is 18.3 Å². The summed E-state index contributed by atoms with van der Waals surface area (Å²) in [5.74, 6) is -4.57. The fraction of sp³-hybridized carbons (Fsp3) is 0.278. The highest BCUT2D eigenvalue weighted by Crippen LogP contribution is 2.80. The van der Waals surface area contributed by atoms with Crippen LogP contribution in [0.1, 0.15) is 6.92 Å². The fourth-order valence-electron chi connectivity index (χ4n) is 3.85. The Labute approximate surface area is 184 Å². The summed E-state index contributed by atoms with van der Waals surface area (Å²) in [6.45, 7) is 1.56. The molecular formula is C18H14FN6O7P. The summed E-state index contributed by atoms with van der Waals surface area (Å²) in [6, 6.07) is 7.17. The van der Waals surface area contributed by atoms with Crippen molar-refractivity contribution in [2.75, 3.05) is 11.5 Å². The maximum atomic E-state index is 15.1. The number of hydrogen-bond acceptors (Lipinski definition) is 11. The van der Waals surface area contributed by atoms with Gasteiger partial charge in [0.25, 0.3) is 0 Å². The van der Waals surface area contributed by atoms with Gasteiger partial charge in [0, 0.05) is 17.3 Å². The van der Waals surface area contributed by atoms with Gasteiger partial charge in [0.2, 0.25) is 5.82 Å². The number of phosphoric ester groups is 1. The number of tetrazole rings is 1. The number of aryl methyl sites for hydroxylation is 1. The number of ether oxygens (including phenoxy) is 1. The third-order valence-corrected chi connectivity index (χ3v) is 6.86. The predicted molar refractivity (Wildman–Crippen MR) is 104 cm³/mol. The van der Waals surface area contributed by atoms with Crippen molar-refractivity contribution in [1.29, 1.82) is 0 Å². The first-order valence-corrected chi connectivity index (χ1v) is 11.2. The fourth-order valence-corrected chi connectivity index (χ4v) is 5.55. The number of phosphoric acid groups is 1. The molecule has 2 aromatic heterocycles. The van der Waals surface area contributed by atoms with Crippen molar-refractivity contribution in [2.45, 2.75) is 25.2 Å². The second-order valence-corrected chi connectivity index (χ2v) is 8.76. The Morgan fingerprint density at radius 3 is 2.67 bits per heavy atom. The zero-order valence-corrected chi connectivity index (χ0v) is 17.7. The molecule has 33 heavy (non-hydrogen) atoms. The summed E-state index contributed by atoms with van der Waals surface area (Å²) < 4.78 is 47.6. The van der Waals surface area contributed by atoms with Crippen molar-refractivity contribution in [3.8, 4) is 22.6 Å². The molecule has 1 aromatic carbocycles. The number of aliphatic hydroxyl groups excluding tert-OH is 1. The van der Waals surface area contributed by atoms with Gasteiger partial charge in [-0.3, -0.25) is 4.98 Å². The lowest BCUT2D eigenvalue weighted by Crippen LogP contribution is -2.61. The Bertz CT molecular complexity index is 1340. The second-order valence-electron chi connectivity index (χ2n) is 7.32. The zero-order valence-electron chi connectivity index (χ0n) is 16.8. The first-order chi connectivity index (χ1) is 15.8. The molecule has 4 aliphatic rings. The number of amides is 1. The number of pyridine rings is 1. The smallest absolute Gasteiger partial charge is 0.405 e. The molecule has 1 N–H and O–H groups in total. The Balaban J connectivity index is 1.31. The molecule has 6 heterocycles. The molecule has 0 saturated carbocycles. The molecule has 13 nitrogen and oxygen atoms in total. The van der Waals surface area contributed by atoms with Crippen LogP contribution < -0.4 is 4.90 Å². The summed E-state index contributed by atoms with van der Waals surface area (Å²) >= 11 is 0. The summed E-state index contributed by atoms with van der Waals surface area (Å²) in [5.41, 5.74) is 1.12. The minimum absolute atomic E-state index is 0.0155. The third-order valence-electron chi connectivity index (χ3n) is 5.40. The number of nitrogens with zero attached hydrogens (tertiary/aromatic N) is 6. The number of aromatic nitrogens is 5. The Hall–Kier alpha value is -3.29. The van der Waals surface area contributed by atoms with Gasteiger partial charge in [-0.05, 0) is 36.4 Å². The minimum Gasteiger partial charge on any atom is -0.405 e. The molecule has 2 bridgehead atoms. The number of carbonyl (C=O) groups is 1. The van der Waals surface area contributed by atoms with E-state index < -0.39 is 38.0 Å². The molecular weight excluding hydrogens is 462 g/mol. The maximum absolute atomic E-state index is 15.1. The topological polar surface area (TPSA) is 151 Å². The highest BCUT2D eigenvalue weighted by molar-refractivity contribution is 7.50. The van der Waals surface area contributed by atoms with Crippen molar-refractivity contribution >= 4 is 19.6 Å². The second kappa shape index (κ2) is 6.62. The van der Waals surface area contributed by atoms with Crippen molar-refractivity contribution in [3.05, 3.63) is 42.3 Å². The van der Waals surface area contributed by atoms with Gasteiger partial charge in [0.1, 0.15) is 18.1 Å². The summed E-state index contributed by atoms with van der Waals surface area (Å²) in [7, 11) is -3.95. The molecule has 4 saturated heterocycles. The van der Waals surface area contributed by atoms with E-state index in [9.17, 15) is 14.5 Å². The van der Waals surface area contributed by atoms with Gasteiger partial charge in [-0.2, -0.15) is 4.80 Å². The third kappa shape index (κ3) is 2.66. The molecule has 1 amide bonds. The Kier molecular flexibility index (Phi) is 4.08. The zero-order chi connectivity index (χ0) is 23.0. The van der Waals surface area contributed by atoms with Gasteiger partial charge in [0.05, 0.1) is 12.2 Å². The molecule has 4 aliphatic heterocycles. The first kappa shape index (κ1) is 20.3. The molecule has 0 radical (unpaired) electrons. The van der Waals surface area contributed by atoms with Crippen LogP contribution in [-0.2, 0) is 29.4 Å². The van der Waals surface area contributed by atoms with Crippen LogP contribution in [0.5, 0.6) is 0 Å². The molecule has 7 rings (SSSR count). The number of aliphatic hydroxyl groups is 1. The molecule has 170 valence electrons. The lowest BCUT2D eigenvalue weighted by atomic mass is 10.1. The van der Waals surface area contributed by atoms with E-state index in [-0.39, 0.29) is 11.3 Å². The number of halogens is 1. The Morgan fingerprint density at radius 1 is 1.21 bits per heavy atom. The average Bonchev–Trinajstić information content (AvgIpc) is 3.47. The van der Waals surface area contributed by atoms with Crippen LogP contribution in [0.25, 0.3) is 22.6 Å². The summed E-state index contributed by atoms with van der Waals surface area (Å²) in [4.78, 5) is 19.0. The number of anilines is 1. The maximum Gasteiger partial charge on any atom is 0.486 e. The highest BCUT2D eigenvalue weighted by atomic mass is 31.2. The van der Waals surface area contributed by atoms with Gasteiger partial charge in [-0.15, -0.1) is 10.2 Å². The molecule has 4 fully saturated rings. The van der Waals surface area contributed by atoms with E-state index in [0.717, 1.165) is 11.0 Å². The Morgan fingerprint density at radius 2 is 2.03 bits per heavy atom. The predicted octanol–water partition coefficient (Wildman–Crippen LogP) is 2.05. The summed E-state index contributed by atoms with van der Waals surface area (Å²) in [5, 5.41) is 21.6. The minimum atomic E-state index is -3.95. The van der Waals surface area contributed by atoms with Crippen LogP contribution in [0.2, 0.25) is 0 Å². The monoisotopic (exact) mass is 476 g/mol. The van der Waals surface area contributed by atoms with Crippen molar-refractivity contribution in [1.82, 2.24) is 25.2 Å². The average molecular weight is 476 g/mol. The van der Waals surface area contributed by atoms with Gasteiger partial charge < -0.3 is 9.84 Å². The van der Waals surface area contributed by atoms with Gasteiger partial charge in [-0.25, -0.2) is 32.2 Å². The highest BCUT2D eigenvalue weighted by Gasteiger charge is 2.89. The van der Waals surface area contributed by atoms with Crippen LogP contribution in [0, 0.1) is 5.82 Å². The lowest BCUT2D eigenvalue weighted by molar-refractivity contribution is -0.259. The molecule has 0 unspecified atom stereocenters. The number of carbonyl (C=O) groups excluding carboxylic acids is 1. The van der Waals surface area contributed by atoms with E-state index in [2.05, 4.69) is 20.4 Å². The molecule has 15 heteroatoms. The summed E-state index contributed by atoms with van der Waals surface area (Å²) in [6.07, 6.45) is 0.430. The largest absolute Gasteiger partial charge is 0.486 e. The van der Waals surface area contributed by atoms with E-state index in [1.807, 2.05) is 6.92 Å². The van der Waals surface area contributed by atoms with E-state index in [1.54, 1.807) is 12.1 Å². The van der Waals surface area contributed by atoms with Crippen LogP contribution in [-0.4, -0.2) is 54.7 Å². The number of benzene rings is 1.